The molecule has 0 atom stereocenters. The maximum Gasteiger partial charge on any atom is 0.234 e. The highest BCUT2D eigenvalue weighted by molar-refractivity contribution is 8.00. The van der Waals surface area contributed by atoms with Gasteiger partial charge in [-0.1, -0.05) is 17.8 Å². The molecule has 0 aliphatic heterocycles. The van der Waals surface area contributed by atoms with Crippen molar-refractivity contribution in [2.24, 2.45) is 0 Å². The molecule has 22 heavy (non-hydrogen) atoms. The number of aromatic amines is 1. The number of fused-ring (bicyclic) bond motifs is 1. The van der Waals surface area contributed by atoms with Crippen molar-refractivity contribution >= 4 is 46.3 Å². The second kappa shape index (κ2) is 6.80. The maximum absolute atomic E-state index is 12.1. The molecule has 3 rings (SSSR count). The number of amides is 1. The van der Waals surface area contributed by atoms with Crippen LogP contribution in [0, 0.1) is 0 Å². The zero-order chi connectivity index (χ0) is 15.4. The van der Waals surface area contributed by atoms with Crippen LogP contribution >= 0.6 is 23.5 Å². The first kappa shape index (κ1) is 14.9. The van der Waals surface area contributed by atoms with Gasteiger partial charge in [0.15, 0.2) is 5.65 Å². The second-order valence-electron chi connectivity index (χ2n) is 4.35. The molecule has 0 aliphatic rings. The average Bonchev–Trinajstić information content (AvgIpc) is 3.02. The van der Waals surface area contributed by atoms with Gasteiger partial charge in [-0.3, -0.25) is 4.79 Å². The summed E-state index contributed by atoms with van der Waals surface area (Å²) in [7, 11) is 0. The third kappa shape index (κ3) is 3.40. The average molecular weight is 331 g/mol. The number of benzene rings is 1. The molecule has 8 heteroatoms. The monoisotopic (exact) mass is 331 g/mol. The first-order chi connectivity index (χ1) is 10.8. The van der Waals surface area contributed by atoms with E-state index in [1.165, 1.54) is 18.1 Å². The van der Waals surface area contributed by atoms with Crippen LogP contribution in [0.1, 0.15) is 0 Å². The Hall–Kier alpha value is -2.06. The highest BCUT2D eigenvalue weighted by Crippen LogP contribution is 2.23. The number of nitrogens with zero attached hydrogens (tertiary/aromatic N) is 3. The first-order valence-electron chi connectivity index (χ1n) is 6.47. The molecule has 112 valence electrons. The summed E-state index contributed by atoms with van der Waals surface area (Å²) < 4.78 is 0. The zero-order valence-corrected chi connectivity index (χ0v) is 13.4. The lowest BCUT2D eigenvalue weighted by molar-refractivity contribution is -0.113. The van der Waals surface area contributed by atoms with Crippen LogP contribution < -0.4 is 5.32 Å². The van der Waals surface area contributed by atoms with Crippen molar-refractivity contribution in [1.29, 1.82) is 0 Å². The van der Waals surface area contributed by atoms with Crippen molar-refractivity contribution in [3.8, 4) is 0 Å². The van der Waals surface area contributed by atoms with E-state index in [2.05, 4.69) is 25.3 Å². The van der Waals surface area contributed by atoms with Crippen LogP contribution in [0.5, 0.6) is 0 Å². The summed E-state index contributed by atoms with van der Waals surface area (Å²) >= 11 is 2.99. The standard InChI is InChI=1S/C14H13N5OS2/c1-21-10-4-2-3-9(5-10)19-11(20)6-22-14-12-13(16-7-15-12)17-8-18-14/h2-5,7-8H,6H2,1H3,(H,19,20)(H,15,16,17,18). The number of hydrogen-bond donors (Lipinski definition) is 2. The quantitative estimate of drug-likeness (QED) is 0.552. The normalized spacial score (nSPS) is 10.8. The Bertz CT molecular complexity index is 805. The lowest BCUT2D eigenvalue weighted by atomic mass is 10.3. The molecule has 0 bridgehead atoms. The molecule has 0 saturated heterocycles. The highest BCUT2D eigenvalue weighted by atomic mass is 32.2. The third-order valence-electron chi connectivity index (χ3n) is 2.88. The minimum Gasteiger partial charge on any atom is -0.341 e. The first-order valence-corrected chi connectivity index (χ1v) is 8.68. The molecule has 0 aliphatic carbocycles. The molecule has 0 saturated carbocycles. The van der Waals surface area contributed by atoms with E-state index in [4.69, 9.17) is 0 Å². The highest BCUT2D eigenvalue weighted by Gasteiger charge is 2.09. The van der Waals surface area contributed by atoms with E-state index in [-0.39, 0.29) is 11.7 Å². The molecule has 0 spiro atoms. The van der Waals surface area contributed by atoms with Gasteiger partial charge in [0, 0.05) is 10.6 Å². The van der Waals surface area contributed by atoms with Crippen molar-refractivity contribution in [2.45, 2.75) is 9.92 Å². The van der Waals surface area contributed by atoms with Crippen molar-refractivity contribution in [1.82, 2.24) is 19.9 Å². The topological polar surface area (TPSA) is 83.6 Å². The van der Waals surface area contributed by atoms with Crippen molar-refractivity contribution in [3.63, 3.8) is 0 Å². The SMILES string of the molecule is CSc1cccc(NC(=O)CSc2ncnc3nc[nH]c23)c1. The number of rotatable bonds is 5. The predicted octanol–water partition coefficient (Wildman–Crippen LogP) is 2.81. The third-order valence-corrected chi connectivity index (χ3v) is 4.60. The fraction of sp³-hybridized carbons (Fsp3) is 0.143. The van der Waals surface area contributed by atoms with E-state index in [0.717, 1.165) is 21.1 Å². The summed E-state index contributed by atoms with van der Waals surface area (Å²) in [4.78, 5) is 28.4. The molecule has 1 aromatic carbocycles. The summed E-state index contributed by atoms with van der Waals surface area (Å²) in [5.41, 5.74) is 2.15. The van der Waals surface area contributed by atoms with Crippen molar-refractivity contribution in [3.05, 3.63) is 36.9 Å². The lowest BCUT2D eigenvalue weighted by Gasteiger charge is -2.06. The van der Waals surface area contributed by atoms with Crippen LogP contribution in [0.2, 0.25) is 0 Å². The molecule has 0 unspecified atom stereocenters. The smallest absolute Gasteiger partial charge is 0.234 e. The molecular formula is C14H13N5OS2. The van der Waals surface area contributed by atoms with Crippen molar-refractivity contribution in [2.75, 3.05) is 17.3 Å². The van der Waals surface area contributed by atoms with Crippen LogP contribution in [-0.4, -0.2) is 37.9 Å². The largest absolute Gasteiger partial charge is 0.341 e. The molecule has 3 aromatic rings. The van der Waals surface area contributed by atoms with Gasteiger partial charge in [-0.15, -0.1) is 11.8 Å². The number of carbonyl (C=O) groups excluding carboxylic acids is 1. The minimum atomic E-state index is -0.0745. The molecular weight excluding hydrogens is 318 g/mol. The fourth-order valence-electron chi connectivity index (χ4n) is 1.88. The van der Waals surface area contributed by atoms with Gasteiger partial charge in [-0.05, 0) is 24.5 Å². The van der Waals surface area contributed by atoms with E-state index in [1.54, 1.807) is 18.1 Å². The molecule has 6 nitrogen and oxygen atoms in total. The predicted molar refractivity (Wildman–Crippen MR) is 89.3 cm³/mol. The Morgan fingerprint density at radius 1 is 1.32 bits per heavy atom. The molecule has 2 N–H and O–H groups in total. The van der Waals surface area contributed by atoms with Gasteiger partial charge < -0.3 is 10.3 Å². The number of thioether (sulfide) groups is 2. The minimum absolute atomic E-state index is 0.0745. The van der Waals surface area contributed by atoms with E-state index >= 15 is 0 Å². The number of hydrogen-bond acceptors (Lipinski definition) is 6. The number of aromatic nitrogens is 4. The maximum atomic E-state index is 12.1. The van der Waals surface area contributed by atoms with Gasteiger partial charge in [0.1, 0.15) is 16.9 Å². The van der Waals surface area contributed by atoms with Crippen LogP contribution in [0.15, 0.2) is 46.8 Å². The number of anilines is 1. The fourth-order valence-corrected chi connectivity index (χ4v) is 3.10. The van der Waals surface area contributed by atoms with E-state index in [1.807, 2.05) is 30.5 Å². The van der Waals surface area contributed by atoms with Gasteiger partial charge in [0.25, 0.3) is 0 Å². The van der Waals surface area contributed by atoms with Gasteiger partial charge in [-0.25, -0.2) is 15.0 Å². The molecule has 0 radical (unpaired) electrons. The number of imidazole rings is 1. The van der Waals surface area contributed by atoms with Crippen molar-refractivity contribution < 1.29 is 4.79 Å². The zero-order valence-electron chi connectivity index (χ0n) is 11.7. The van der Waals surface area contributed by atoms with Crippen LogP contribution in [0.25, 0.3) is 11.2 Å². The summed E-state index contributed by atoms with van der Waals surface area (Å²) in [6.45, 7) is 0. The molecule has 0 fully saturated rings. The lowest BCUT2D eigenvalue weighted by Crippen LogP contribution is -2.14. The summed E-state index contributed by atoms with van der Waals surface area (Å²) in [6, 6.07) is 7.75. The van der Waals surface area contributed by atoms with E-state index < -0.39 is 0 Å². The van der Waals surface area contributed by atoms with Crippen LogP contribution in [-0.2, 0) is 4.79 Å². The van der Waals surface area contributed by atoms with Gasteiger partial charge in [0.2, 0.25) is 5.91 Å². The van der Waals surface area contributed by atoms with Gasteiger partial charge >= 0.3 is 0 Å². The Morgan fingerprint density at radius 2 is 2.23 bits per heavy atom. The number of H-pyrrole nitrogens is 1. The molecule has 1 amide bonds. The van der Waals surface area contributed by atoms with Gasteiger partial charge in [0.05, 0.1) is 12.1 Å². The Kier molecular flexibility index (Phi) is 4.59. The summed E-state index contributed by atoms with van der Waals surface area (Å²) in [6.07, 6.45) is 5.02. The molecule has 2 aromatic heterocycles. The van der Waals surface area contributed by atoms with E-state index in [9.17, 15) is 4.79 Å². The Balaban J connectivity index is 1.63. The second-order valence-corrected chi connectivity index (χ2v) is 6.19. The summed E-state index contributed by atoms with van der Waals surface area (Å²) in [5, 5.41) is 3.60. The van der Waals surface area contributed by atoms with Crippen LogP contribution in [0.4, 0.5) is 5.69 Å². The van der Waals surface area contributed by atoms with Crippen LogP contribution in [0.3, 0.4) is 0 Å². The Labute approximate surface area is 135 Å². The Morgan fingerprint density at radius 3 is 3.09 bits per heavy atom. The van der Waals surface area contributed by atoms with Gasteiger partial charge in [-0.2, -0.15) is 0 Å². The summed E-state index contributed by atoms with van der Waals surface area (Å²) in [5.74, 6) is 0.198. The number of nitrogens with one attached hydrogen (secondary N) is 2. The number of carbonyl (C=O) groups is 1. The molecule has 2 heterocycles. The van der Waals surface area contributed by atoms with E-state index in [0.29, 0.717) is 5.65 Å².